The van der Waals surface area contributed by atoms with Gasteiger partial charge in [0.15, 0.2) is 6.10 Å². The van der Waals surface area contributed by atoms with Crippen molar-refractivity contribution in [2.75, 3.05) is 19.8 Å². The molecule has 1 fully saturated rings. The number of carbonyl (C=O) groups excluding carboxylic acids is 1. The van der Waals surface area contributed by atoms with E-state index >= 15 is 0 Å². The van der Waals surface area contributed by atoms with Crippen LogP contribution >= 0.6 is 0 Å². The molecule has 0 N–H and O–H groups in total. The maximum Gasteiger partial charge on any atom is 0.254 e. The molecule has 2 aromatic rings. The molecule has 4 rings (SSSR count). The molecule has 0 unspecified atom stereocenters. The highest BCUT2D eigenvalue weighted by atomic mass is 16.6. The van der Waals surface area contributed by atoms with E-state index in [4.69, 9.17) is 9.47 Å². The first kappa shape index (κ1) is 14.4. The summed E-state index contributed by atoms with van der Waals surface area (Å²) in [5.74, 6) is 0.0104. The summed E-state index contributed by atoms with van der Waals surface area (Å²) in [5.41, 5.74) is 4.75. The SMILES string of the molecule is O=C([C@H]1COCCO1)N1Cc2ccccc2-c2ccccc2C1. The predicted octanol–water partition coefficient (Wildman–Crippen LogP) is 2.61. The maximum atomic E-state index is 12.8. The average molecular weight is 309 g/mol. The number of rotatable bonds is 1. The Morgan fingerprint density at radius 2 is 1.52 bits per heavy atom. The van der Waals surface area contributed by atoms with Gasteiger partial charge in [0.05, 0.1) is 19.8 Å². The number of hydrogen-bond acceptors (Lipinski definition) is 3. The summed E-state index contributed by atoms with van der Waals surface area (Å²) in [7, 11) is 0. The standard InChI is InChI=1S/C19H19NO3/c21-19(18-13-22-9-10-23-18)20-11-14-5-1-3-7-16(14)17-8-4-2-6-15(17)12-20/h1-8,18H,9-13H2/t18-/m1/s1. The second-order valence-electron chi connectivity index (χ2n) is 5.94. The highest BCUT2D eigenvalue weighted by Gasteiger charge is 2.30. The molecule has 2 aromatic carbocycles. The Hall–Kier alpha value is -2.17. The van der Waals surface area contributed by atoms with Crippen molar-refractivity contribution >= 4 is 5.91 Å². The molecule has 118 valence electrons. The van der Waals surface area contributed by atoms with Gasteiger partial charge in [-0.2, -0.15) is 0 Å². The van der Waals surface area contributed by atoms with Crippen LogP contribution in [0.15, 0.2) is 48.5 Å². The maximum absolute atomic E-state index is 12.8. The van der Waals surface area contributed by atoms with Gasteiger partial charge in [-0.25, -0.2) is 0 Å². The summed E-state index contributed by atoms with van der Waals surface area (Å²) in [6.07, 6.45) is -0.485. The Morgan fingerprint density at radius 3 is 2.09 bits per heavy atom. The number of nitrogens with zero attached hydrogens (tertiary/aromatic N) is 1. The van der Waals surface area contributed by atoms with Crippen molar-refractivity contribution in [2.45, 2.75) is 19.2 Å². The zero-order valence-electron chi connectivity index (χ0n) is 12.9. The zero-order chi connectivity index (χ0) is 15.6. The second-order valence-corrected chi connectivity index (χ2v) is 5.94. The van der Waals surface area contributed by atoms with Crippen molar-refractivity contribution < 1.29 is 14.3 Å². The summed E-state index contributed by atoms with van der Waals surface area (Å²) in [6.45, 7) is 2.60. The Kier molecular flexibility index (Phi) is 3.85. The molecular weight excluding hydrogens is 290 g/mol. The number of ether oxygens (including phenoxy) is 2. The fourth-order valence-corrected chi connectivity index (χ4v) is 3.30. The normalized spacial score (nSPS) is 20.3. The largest absolute Gasteiger partial charge is 0.376 e. The van der Waals surface area contributed by atoms with Gasteiger partial charge in [0, 0.05) is 13.1 Å². The van der Waals surface area contributed by atoms with E-state index in [1.54, 1.807) is 0 Å². The lowest BCUT2D eigenvalue weighted by Crippen LogP contribution is -2.44. The molecule has 1 amide bonds. The van der Waals surface area contributed by atoms with Crippen LogP contribution in [0.5, 0.6) is 0 Å². The van der Waals surface area contributed by atoms with Crippen molar-refractivity contribution in [1.29, 1.82) is 0 Å². The molecule has 0 aliphatic carbocycles. The fourth-order valence-electron chi connectivity index (χ4n) is 3.30. The smallest absolute Gasteiger partial charge is 0.254 e. The van der Waals surface area contributed by atoms with E-state index in [-0.39, 0.29) is 5.91 Å². The average Bonchev–Trinajstić information content (AvgIpc) is 2.79. The molecule has 1 atom stereocenters. The third kappa shape index (κ3) is 2.76. The predicted molar refractivity (Wildman–Crippen MR) is 86.7 cm³/mol. The molecule has 0 saturated carbocycles. The first-order chi connectivity index (χ1) is 11.3. The lowest BCUT2D eigenvalue weighted by atomic mass is 9.97. The molecule has 0 bridgehead atoms. The molecule has 2 aliphatic heterocycles. The molecule has 4 heteroatoms. The van der Waals surface area contributed by atoms with Crippen LogP contribution in [0, 0.1) is 0 Å². The third-order valence-electron chi connectivity index (χ3n) is 4.45. The van der Waals surface area contributed by atoms with E-state index in [1.165, 1.54) is 22.3 Å². The quantitative estimate of drug-likeness (QED) is 0.813. The van der Waals surface area contributed by atoms with Gasteiger partial charge in [0.2, 0.25) is 0 Å². The first-order valence-electron chi connectivity index (χ1n) is 7.97. The molecule has 2 heterocycles. The molecule has 0 radical (unpaired) electrons. The van der Waals surface area contributed by atoms with Crippen LogP contribution in [0.1, 0.15) is 11.1 Å². The van der Waals surface area contributed by atoms with Crippen molar-refractivity contribution in [3.05, 3.63) is 59.7 Å². The van der Waals surface area contributed by atoms with Crippen LogP contribution in [-0.4, -0.2) is 36.7 Å². The first-order valence-corrected chi connectivity index (χ1v) is 7.97. The zero-order valence-corrected chi connectivity index (χ0v) is 12.9. The molecule has 4 nitrogen and oxygen atoms in total. The van der Waals surface area contributed by atoms with E-state index in [2.05, 4.69) is 24.3 Å². The number of fused-ring (bicyclic) bond motifs is 3. The van der Waals surface area contributed by atoms with Crippen LogP contribution in [-0.2, 0) is 27.4 Å². The lowest BCUT2D eigenvalue weighted by Gasteiger charge is -2.29. The van der Waals surface area contributed by atoms with Crippen LogP contribution in [0.3, 0.4) is 0 Å². The number of amides is 1. The summed E-state index contributed by atoms with van der Waals surface area (Å²) in [6, 6.07) is 16.6. The van der Waals surface area contributed by atoms with Gasteiger partial charge in [-0.15, -0.1) is 0 Å². The Morgan fingerprint density at radius 1 is 0.913 bits per heavy atom. The van der Waals surface area contributed by atoms with Crippen LogP contribution in [0.25, 0.3) is 11.1 Å². The second kappa shape index (κ2) is 6.14. The molecule has 23 heavy (non-hydrogen) atoms. The molecule has 0 aromatic heterocycles. The topological polar surface area (TPSA) is 38.8 Å². The van der Waals surface area contributed by atoms with E-state index < -0.39 is 6.10 Å². The van der Waals surface area contributed by atoms with Crippen LogP contribution < -0.4 is 0 Å². The molecule has 1 saturated heterocycles. The van der Waals surface area contributed by atoms with Crippen molar-refractivity contribution in [2.24, 2.45) is 0 Å². The Balaban J connectivity index is 1.70. The van der Waals surface area contributed by atoms with Crippen molar-refractivity contribution in [1.82, 2.24) is 4.90 Å². The van der Waals surface area contributed by atoms with Crippen LogP contribution in [0.4, 0.5) is 0 Å². The van der Waals surface area contributed by atoms with E-state index in [9.17, 15) is 4.79 Å². The Labute approximate surface area is 135 Å². The van der Waals surface area contributed by atoms with E-state index in [0.717, 1.165) is 0 Å². The van der Waals surface area contributed by atoms with Gasteiger partial charge < -0.3 is 14.4 Å². The monoisotopic (exact) mass is 309 g/mol. The Bertz CT molecular complexity index is 675. The molecular formula is C19H19NO3. The van der Waals surface area contributed by atoms with Gasteiger partial charge in [-0.05, 0) is 22.3 Å². The number of benzene rings is 2. The minimum Gasteiger partial charge on any atom is -0.376 e. The van der Waals surface area contributed by atoms with E-state index in [1.807, 2.05) is 29.2 Å². The summed E-state index contributed by atoms with van der Waals surface area (Å²) >= 11 is 0. The minimum absolute atomic E-state index is 0.0104. The number of carbonyl (C=O) groups is 1. The molecule has 0 spiro atoms. The van der Waals surface area contributed by atoms with E-state index in [0.29, 0.717) is 32.9 Å². The fraction of sp³-hybridized carbons (Fsp3) is 0.316. The van der Waals surface area contributed by atoms with Gasteiger partial charge in [-0.1, -0.05) is 48.5 Å². The number of hydrogen-bond donors (Lipinski definition) is 0. The summed E-state index contributed by atoms with van der Waals surface area (Å²) in [5, 5.41) is 0. The lowest BCUT2D eigenvalue weighted by molar-refractivity contribution is -0.159. The highest BCUT2D eigenvalue weighted by molar-refractivity contribution is 5.83. The van der Waals surface area contributed by atoms with Crippen LogP contribution in [0.2, 0.25) is 0 Å². The summed E-state index contributed by atoms with van der Waals surface area (Å²) in [4.78, 5) is 14.7. The van der Waals surface area contributed by atoms with Gasteiger partial charge in [-0.3, -0.25) is 4.79 Å². The van der Waals surface area contributed by atoms with Crippen molar-refractivity contribution in [3.8, 4) is 11.1 Å². The third-order valence-corrected chi connectivity index (χ3v) is 4.45. The highest BCUT2D eigenvalue weighted by Crippen LogP contribution is 2.32. The molecule has 2 aliphatic rings. The van der Waals surface area contributed by atoms with Gasteiger partial charge in [0.1, 0.15) is 0 Å². The van der Waals surface area contributed by atoms with Gasteiger partial charge >= 0.3 is 0 Å². The van der Waals surface area contributed by atoms with Gasteiger partial charge in [0.25, 0.3) is 5.91 Å². The van der Waals surface area contributed by atoms with Crippen molar-refractivity contribution in [3.63, 3.8) is 0 Å². The minimum atomic E-state index is -0.485. The summed E-state index contributed by atoms with van der Waals surface area (Å²) < 4.78 is 11.0.